The SMILES string of the molecule is NCn1c(Cl)nc2cccc(O)c2c1=O. The molecule has 78 valence electrons. The van der Waals surface area contributed by atoms with E-state index in [1.165, 1.54) is 6.07 Å². The van der Waals surface area contributed by atoms with Crippen molar-refractivity contribution in [2.24, 2.45) is 5.73 Å². The molecule has 1 aromatic carbocycles. The van der Waals surface area contributed by atoms with Gasteiger partial charge in [-0.15, -0.1) is 0 Å². The van der Waals surface area contributed by atoms with Gasteiger partial charge < -0.3 is 10.8 Å². The Bertz CT molecular complexity index is 579. The molecule has 0 amide bonds. The third-order valence-electron chi connectivity index (χ3n) is 2.10. The van der Waals surface area contributed by atoms with E-state index in [-0.39, 0.29) is 23.1 Å². The first-order valence-electron chi connectivity index (χ1n) is 4.23. The predicted molar refractivity (Wildman–Crippen MR) is 56.9 cm³/mol. The largest absolute Gasteiger partial charge is 0.507 e. The highest BCUT2D eigenvalue weighted by Gasteiger charge is 2.10. The molecule has 0 radical (unpaired) electrons. The first-order chi connectivity index (χ1) is 7.15. The van der Waals surface area contributed by atoms with Crippen LogP contribution in [-0.2, 0) is 6.67 Å². The van der Waals surface area contributed by atoms with Crippen molar-refractivity contribution in [3.8, 4) is 5.75 Å². The number of phenols is 1. The van der Waals surface area contributed by atoms with Gasteiger partial charge in [0.2, 0.25) is 5.28 Å². The second kappa shape index (κ2) is 3.52. The van der Waals surface area contributed by atoms with Crippen molar-refractivity contribution >= 4 is 22.5 Å². The van der Waals surface area contributed by atoms with Crippen molar-refractivity contribution in [2.45, 2.75) is 6.67 Å². The molecule has 5 nitrogen and oxygen atoms in total. The number of aromatic hydroxyl groups is 1. The van der Waals surface area contributed by atoms with Gasteiger partial charge in [-0.2, -0.15) is 0 Å². The van der Waals surface area contributed by atoms with Crippen LogP contribution in [0.2, 0.25) is 5.28 Å². The highest BCUT2D eigenvalue weighted by Crippen LogP contribution is 2.20. The van der Waals surface area contributed by atoms with E-state index in [1.807, 2.05) is 0 Å². The molecule has 2 aromatic rings. The molecule has 1 heterocycles. The number of nitrogens with zero attached hydrogens (tertiary/aromatic N) is 2. The van der Waals surface area contributed by atoms with Crippen LogP contribution in [0.15, 0.2) is 23.0 Å². The van der Waals surface area contributed by atoms with Crippen molar-refractivity contribution in [3.63, 3.8) is 0 Å². The van der Waals surface area contributed by atoms with Crippen LogP contribution in [0.4, 0.5) is 0 Å². The second-order valence-corrected chi connectivity index (χ2v) is 3.31. The maximum Gasteiger partial charge on any atom is 0.267 e. The third-order valence-corrected chi connectivity index (χ3v) is 2.39. The zero-order valence-electron chi connectivity index (χ0n) is 7.64. The molecule has 0 atom stereocenters. The summed E-state index contributed by atoms with van der Waals surface area (Å²) < 4.78 is 1.09. The summed E-state index contributed by atoms with van der Waals surface area (Å²) in [6.07, 6.45) is 0. The Hall–Kier alpha value is -1.59. The maximum atomic E-state index is 11.8. The second-order valence-electron chi connectivity index (χ2n) is 2.97. The molecule has 0 saturated carbocycles. The fourth-order valence-corrected chi connectivity index (χ4v) is 1.61. The Labute approximate surface area is 89.7 Å². The van der Waals surface area contributed by atoms with Crippen molar-refractivity contribution < 1.29 is 5.11 Å². The Kier molecular flexibility index (Phi) is 2.34. The third kappa shape index (κ3) is 1.45. The van der Waals surface area contributed by atoms with E-state index in [4.69, 9.17) is 17.3 Å². The van der Waals surface area contributed by atoms with E-state index in [1.54, 1.807) is 12.1 Å². The molecule has 15 heavy (non-hydrogen) atoms. The van der Waals surface area contributed by atoms with Crippen molar-refractivity contribution in [1.82, 2.24) is 9.55 Å². The van der Waals surface area contributed by atoms with Gasteiger partial charge in [0, 0.05) is 0 Å². The Morgan fingerprint density at radius 2 is 2.27 bits per heavy atom. The van der Waals surface area contributed by atoms with Crippen molar-refractivity contribution in [2.75, 3.05) is 0 Å². The minimum atomic E-state index is -0.439. The summed E-state index contributed by atoms with van der Waals surface area (Å²) in [5, 5.41) is 9.67. The molecule has 0 fully saturated rings. The predicted octanol–water partition coefficient (Wildman–Crippen LogP) is 0.672. The van der Waals surface area contributed by atoms with Gasteiger partial charge in [-0.3, -0.25) is 9.36 Å². The summed E-state index contributed by atoms with van der Waals surface area (Å²) >= 11 is 5.75. The first-order valence-corrected chi connectivity index (χ1v) is 4.61. The number of phenolic OH excluding ortho intramolecular Hbond substituents is 1. The summed E-state index contributed by atoms with van der Waals surface area (Å²) in [5.74, 6) is -0.121. The van der Waals surface area contributed by atoms with Gasteiger partial charge in [-0.25, -0.2) is 4.98 Å². The fraction of sp³-hybridized carbons (Fsp3) is 0.111. The van der Waals surface area contributed by atoms with Gasteiger partial charge in [-0.05, 0) is 23.7 Å². The van der Waals surface area contributed by atoms with Crippen LogP contribution in [0.1, 0.15) is 0 Å². The molecule has 6 heteroatoms. The lowest BCUT2D eigenvalue weighted by Crippen LogP contribution is -2.25. The van der Waals surface area contributed by atoms with Gasteiger partial charge in [0.15, 0.2) is 0 Å². The maximum absolute atomic E-state index is 11.8. The molecule has 0 aliphatic rings. The normalized spacial score (nSPS) is 10.8. The zero-order chi connectivity index (χ0) is 11.0. The van der Waals surface area contributed by atoms with Crippen molar-refractivity contribution in [3.05, 3.63) is 33.8 Å². The molecule has 1 aromatic heterocycles. The number of fused-ring (bicyclic) bond motifs is 1. The quantitative estimate of drug-likeness (QED) is 0.699. The molecular formula is C9H8ClN3O2. The van der Waals surface area contributed by atoms with Crippen molar-refractivity contribution in [1.29, 1.82) is 0 Å². The summed E-state index contributed by atoms with van der Waals surface area (Å²) in [6.45, 7) is -0.0745. The zero-order valence-corrected chi connectivity index (χ0v) is 8.40. The number of rotatable bonds is 1. The molecule has 0 aliphatic heterocycles. The van der Waals surface area contributed by atoms with Crippen LogP contribution >= 0.6 is 11.6 Å². The van der Waals surface area contributed by atoms with E-state index in [9.17, 15) is 9.90 Å². The number of halogens is 1. The van der Waals surface area contributed by atoms with Crippen LogP contribution < -0.4 is 11.3 Å². The van der Waals surface area contributed by atoms with E-state index in [0.717, 1.165) is 4.57 Å². The molecule has 0 saturated heterocycles. The Morgan fingerprint density at radius 3 is 2.93 bits per heavy atom. The van der Waals surface area contributed by atoms with Crippen LogP contribution in [0.25, 0.3) is 10.9 Å². The van der Waals surface area contributed by atoms with Crippen LogP contribution in [-0.4, -0.2) is 14.7 Å². The number of nitrogens with two attached hydrogens (primary N) is 1. The summed E-state index contributed by atoms with van der Waals surface area (Å²) in [7, 11) is 0. The standard InChI is InChI=1S/C9H8ClN3O2/c10-9-12-5-2-1-3-6(14)7(5)8(15)13(9)4-11/h1-3,14H,4,11H2. The van der Waals surface area contributed by atoms with E-state index < -0.39 is 5.56 Å². The van der Waals surface area contributed by atoms with Crippen LogP contribution in [0.3, 0.4) is 0 Å². The summed E-state index contributed by atoms with van der Waals surface area (Å²) in [4.78, 5) is 15.8. The summed E-state index contributed by atoms with van der Waals surface area (Å²) in [6, 6.07) is 4.61. The number of hydrogen-bond donors (Lipinski definition) is 2. The number of benzene rings is 1. The minimum Gasteiger partial charge on any atom is -0.507 e. The Balaban J connectivity index is 2.99. The molecular weight excluding hydrogens is 218 g/mol. The lowest BCUT2D eigenvalue weighted by Gasteiger charge is -2.06. The van der Waals surface area contributed by atoms with Gasteiger partial charge >= 0.3 is 0 Å². The lowest BCUT2D eigenvalue weighted by atomic mass is 10.2. The van der Waals surface area contributed by atoms with Gasteiger partial charge in [-0.1, -0.05) is 6.07 Å². The molecule has 0 bridgehead atoms. The number of aromatic nitrogens is 2. The monoisotopic (exact) mass is 225 g/mol. The highest BCUT2D eigenvalue weighted by atomic mass is 35.5. The van der Waals surface area contributed by atoms with Crippen LogP contribution in [0.5, 0.6) is 5.75 Å². The molecule has 3 N–H and O–H groups in total. The average Bonchev–Trinajstić information content (AvgIpc) is 2.17. The van der Waals surface area contributed by atoms with E-state index >= 15 is 0 Å². The topological polar surface area (TPSA) is 81.1 Å². The number of hydrogen-bond acceptors (Lipinski definition) is 4. The molecule has 0 spiro atoms. The average molecular weight is 226 g/mol. The fourth-order valence-electron chi connectivity index (χ4n) is 1.38. The van der Waals surface area contributed by atoms with Crippen LogP contribution in [0, 0.1) is 0 Å². The highest BCUT2D eigenvalue weighted by molar-refractivity contribution is 6.28. The molecule has 0 unspecified atom stereocenters. The lowest BCUT2D eigenvalue weighted by molar-refractivity contribution is 0.480. The first kappa shape index (κ1) is 9.95. The van der Waals surface area contributed by atoms with Gasteiger partial charge in [0.25, 0.3) is 5.56 Å². The molecule has 2 rings (SSSR count). The smallest absolute Gasteiger partial charge is 0.267 e. The Morgan fingerprint density at radius 1 is 1.53 bits per heavy atom. The molecule has 0 aliphatic carbocycles. The summed E-state index contributed by atoms with van der Waals surface area (Å²) in [5.41, 5.74) is 5.27. The van der Waals surface area contributed by atoms with Gasteiger partial charge in [0.05, 0.1) is 12.2 Å². The van der Waals surface area contributed by atoms with E-state index in [2.05, 4.69) is 4.98 Å². The minimum absolute atomic E-state index is 0.0144. The van der Waals surface area contributed by atoms with Gasteiger partial charge in [0.1, 0.15) is 11.1 Å². The van der Waals surface area contributed by atoms with E-state index in [0.29, 0.717) is 5.52 Å².